The van der Waals surface area contributed by atoms with Crippen LogP contribution in [-0.4, -0.2) is 56.5 Å². The lowest BCUT2D eigenvalue weighted by molar-refractivity contribution is 0.0999. The van der Waals surface area contributed by atoms with Crippen molar-refractivity contribution in [2.45, 2.75) is 5.92 Å². The van der Waals surface area contributed by atoms with E-state index >= 15 is 0 Å². The van der Waals surface area contributed by atoms with Gasteiger partial charge in [0.1, 0.15) is 5.75 Å². The normalized spacial score (nSPS) is 15.8. The maximum atomic E-state index is 11.8. The van der Waals surface area contributed by atoms with Crippen molar-refractivity contribution in [2.24, 2.45) is 11.5 Å². The van der Waals surface area contributed by atoms with E-state index in [1.165, 1.54) is 0 Å². The van der Waals surface area contributed by atoms with Crippen LogP contribution in [0.2, 0.25) is 0 Å². The third-order valence-corrected chi connectivity index (χ3v) is 5.22. The molecule has 1 saturated heterocycles. The number of rotatable bonds is 7. The summed E-state index contributed by atoms with van der Waals surface area (Å²) >= 11 is 0. The molecule has 0 bridgehead atoms. The number of para-hydroxylation sites is 2. The van der Waals surface area contributed by atoms with Crippen molar-refractivity contribution in [3.8, 4) is 5.75 Å². The first kappa shape index (κ1) is 19.7. The zero-order valence-electron chi connectivity index (χ0n) is 16.1. The number of primary amides is 1. The van der Waals surface area contributed by atoms with E-state index in [0.717, 1.165) is 43.2 Å². The monoisotopic (exact) mass is 381 g/mol. The summed E-state index contributed by atoms with van der Waals surface area (Å²) in [6.07, 6.45) is 0. The highest BCUT2D eigenvalue weighted by Gasteiger charge is 2.26. The van der Waals surface area contributed by atoms with E-state index < -0.39 is 5.91 Å². The van der Waals surface area contributed by atoms with Crippen molar-refractivity contribution in [3.63, 3.8) is 0 Å². The SMILES string of the molecule is COc1ccccc1N1CCN(CC(C(=N)N)c2ccccc2C(N)=O)CC1. The Morgan fingerprint density at radius 2 is 1.71 bits per heavy atom. The molecule has 1 unspecified atom stereocenters. The van der Waals surface area contributed by atoms with Crippen LogP contribution in [0.4, 0.5) is 5.69 Å². The maximum absolute atomic E-state index is 11.8. The fraction of sp³-hybridized carbons (Fsp3) is 0.333. The Morgan fingerprint density at radius 3 is 2.36 bits per heavy atom. The Balaban J connectivity index is 1.70. The Labute approximate surface area is 165 Å². The number of amidine groups is 1. The van der Waals surface area contributed by atoms with Crippen molar-refractivity contribution < 1.29 is 9.53 Å². The van der Waals surface area contributed by atoms with Gasteiger partial charge in [-0.25, -0.2) is 0 Å². The van der Waals surface area contributed by atoms with E-state index in [-0.39, 0.29) is 11.8 Å². The molecule has 3 rings (SSSR count). The molecule has 0 saturated carbocycles. The molecule has 1 amide bonds. The average Bonchev–Trinajstić information content (AvgIpc) is 2.72. The van der Waals surface area contributed by atoms with Gasteiger partial charge in [0.05, 0.1) is 24.6 Å². The summed E-state index contributed by atoms with van der Waals surface area (Å²) in [4.78, 5) is 16.4. The van der Waals surface area contributed by atoms with Gasteiger partial charge in [-0.15, -0.1) is 0 Å². The van der Waals surface area contributed by atoms with Crippen LogP contribution in [0.3, 0.4) is 0 Å². The zero-order chi connectivity index (χ0) is 20.1. The van der Waals surface area contributed by atoms with E-state index in [9.17, 15) is 4.79 Å². The Hall–Kier alpha value is -3.06. The standard InChI is InChI=1S/C21H27N5O2/c1-28-19-9-5-4-8-18(19)26-12-10-25(11-13-26)14-17(20(22)23)15-6-2-3-7-16(15)21(24)27/h2-9,17H,10-14H2,1H3,(H3,22,23)(H2,24,27). The molecule has 28 heavy (non-hydrogen) atoms. The Kier molecular flexibility index (Phi) is 6.16. The summed E-state index contributed by atoms with van der Waals surface area (Å²) in [7, 11) is 1.68. The molecular formula is C21H27N5O2. The van der Waals surface area contributed by atoms with Gasteiger partial charge in [0.15, 0.2) is 0 Å². The third kappa shape index (κ3) is 4.26. The lowest BCUT2D eigenvalue weighted by Gasteiger charge is -2.38. The Morgan fingerprint density at radius 1 is 1.07 bits per heavy atom. The predicted molar refractivity (Wildman–Crippen MR) is 111 cm³/mol. The molecule has 1 fully saturated rings. The van der Waals surface area contributed by atoms with Crippen molar-refractivity contribution in [2.75, 3.05) is 44.7 Å². The summed E-state index contributed by atoms with van der Waals surface area (Å²) in [6.45, 7) is 3.95. The van der Waals surface area contributed by atoms with Crippen LogP contribution in [0.25, 0.3) is 0 Å². The molecule has 0 radical (unpaired) electrons. The smallest absolute Gasteiger partial charge is 0.249 e. The van der Waals surface area contributed by atoms with Crippen molar-refractivity contribution in [3.05, 3.63) is 59.7 Å². The van der Waals surface area contributed by atoms with E-state index in [1.807, 2.05) is 30.3 Å². The van der Waals surface area contributed by atoms with E-state index in [1.54, 1.807) is 19.2 Å². The van der Waals surface area contributed by atoms with Crippen molar-refractivity contribution in [1.29, 1.82) is 5.41 Å². The largest absolute Gasteiger partial charge is 0.495 e. The summed E-state index contributed by atoms with van der Waals surface area (Å²) in [5, 5.41) is 8.04. The molecule has 7 nitrogen and oxygen atoms in total. The van der Waals surface area contributed by atoms with Gasteiger partial charge in [0, 0.05) is 38.3 Å². The molecule has 2 aromatic rings. The average molecular weight is 381 g/mol. The highest BCUT2D eigenvalue weighted by molar-refractivity contribution is 5.97. The highest BCUT2D eigenvalue weighted by atomic mass is 16.5. The van der Waals surface area contributed by atoms with Crippen LogP contribution in [0.1, 0.15) is 21.8 Å². The summed E-state index contributed by atoms with van der Waals surface area (Å²) in [5.74, 6) is 0.0539. The van der Waals surface area contributed by atoms with Gasteiger partial charge < -0.3 is 21.1 Å². The molecule has 2 aromatic carbocycles. The number of nitrogens with one attached hydrogen (secondary N) is 1. The minimum absolute atomic E-state index is 0.0425. The number of nitrogens with zero attached hydrogens (tertiary/aromatic N) is 2. The molecule has 148 valence electrons. The second-order valence-corrected chi connectivity index (χ2v) is 6.92. The molecular weight excluding hydrogens is 354 g/mol. The van der Waals surface area contributed by atoms with Gasteiger partial charge in [-0.1, -0.05) is 30.3 Å². The topological polar surface area (TPSA) is 109 Å². The van der Waals surface area contributed by atoms with Crippen LogP contribution in [-0.2, 0) is 0 Å². The van der Waals surface area contributed by atoms with Crippen molar-refractivity contribution in [1.82, 2.24) is 4.90 Å². The predicted octanol–water partition coefficient (Wildman–Crippen LogP) is 1.64. The van der Waals surface area contributed by atoms with Crippen molar-refractivity contribution >= 4 is 17.4 Å². The van der Waals surface area contributed by atoms with Crippen LogP contribution >= 0.6 is 0 Å². The number of carbonyl (C=O) groups excluding carboxylic acids is 1. The summed E-state index contributed by atoms with van der Waals surface area (Å²) in [5.41, 5.74) is 13.6. The fourth-order valence-electron chi connectivity index (χ4n) is 3.71. The Bertz CT molecular complexity index is 846. The molecule has 0 aliphatic carbocycles. The number of carbonyl (C=O) groups is 1. The number of hydrogen-bond donors (Lipinski definition) is 3. The van der Waals surface area contributed by atoms with Gasteiger partial charge in [-0.05, 0) is 23.8 Å². The molecule has 5 N–H and O–H groups in total. The number of amides is 1. The first-order valence-electron chi connectivity index (χ1n) is 9.34. The molecule has 1 aliphatic rings. The quantitative estimate of drug-likeness (QED) is 0.499. The van der Waals surface area contributed by atoms with Gasteiger partial charge in [-0.3, -0.25) is 15.1 Å². The van der Waals surface area contributed by atoms with Crippen LogP contribution in [0.5, 0.6) is 5.75 Å². The summed E-state index contributed by atoms with van der Waals surface area (Å²) in [6, 6.07) is 15.1. The number of benzene rings is 2. The number of hydrogen-bond acceptors (Lipinski definition) is 5. The minimum Gasteiger partial charge on any atom is -0.495 e. The fourth-order valence-corrected chi connectivity index (χ4v) is 3.71. The number of ether oxygens (including phenoxy) is 1. The first-order valence-corrected chi connectivity index (χ1v) is 9.34. The lowest BCUT2D eigenvalue weighted by Crippen LogP contribution is -2.48. The number of anilines is 1. The molecule has 1 heterocycles. The highest BCUT2D eigenvalue weighted by Crippen LogP contribution is 2.29. The number of methoxy groups -OCH3 is 1. The maximum Gasteiger partial charge on any atom is 0.249 e. The van der Waals surface area contributed by atoms with E-state index in [4.69, 9.17) is 21.6 Å². The van der Waals surface area contributed by atoms with Crippen LogP contribution in [0, 0.1) is 5.41 Å². The van der Waals surface area contributed by atoms with Gasteiger partial charge in [-0.2, -0.15) is 0 Å². The zero-order valence-corrected chi connectivity index (χ0v) is 16.1. The second kappa shape index (κ2) is 8.75. The molecule has 0 aromatic heterocycles. The van der Waals surface area contributed by atoms with Gasteiger partial charge >= 0.3 is 0 Å². The second-order valence-electron chi connectivity index (χ2n) is 6.92. The molecule has 1 atom stereocenters. The van der Waals surface area contributed by atoms with E-state index in [0.29, 0.717) is 12.1 Å². The summed E-state index contributed by atoms with van der Waals surface area (Å²) < 4.78 is 5.47. The molecule has 7 heteroatoms. The lowest BCUT2D eigenvalue weighted by atomic mass is 9.92. The first-order chi connectivity index (χ1) is 13.5. The van der Waals surface area contributed by atoms with Crippen LogP contribution < -0.4 is 21.1 Å². The van der Waals surface area contributed by atoms with Gasteiger partial charge in [0.25, 0.3) is 0 Å². The number of nitrogens with two attached hydrogens (primary N) is 2. The van der Waals surface area contributed by atoms with Gasteiger partial charge in [0.2, 0.25) is 5.91 Å². The number of piperazine rings is 1. The third-order valence-electron chi connectivity index (χ3n) is 5.22. The van der Waals surface area contributed by atoms with Crippen LogP contribution in [0.15, 0.2) is 48.5 Å². The minimum atomic E-state index is -0.497. The van der Waals surface area contributed by atoms with E-state index in [2.05, 4.69) is 15.9 Å². The molecule has 1 aliphatic heterocycles. The molecule has 0 spiro atoms.